The van der Waals surface area contributed by atoms with Crippen LogP contribution in [0.15, 0.2) is 35.3 Å². The van der Waals surface area contributed by atoms with E-state index >= 15 is 0 Å². The zero-order valence-electron chi connectivity index (χ0n) is 15.1. The van der Waals surface area contributed by atoms with Gasteiger partial charge in [0.25, 0.3) is 5.91 Å². The molecule has 1 aromatic carbocycles. The summed E-state index contributed by atoms with van der Waals surface area (Å²) >= 11 is 0. The van der Waals surface area contributed by atoms with Crippen molar-refractivity contribution in [2.24, 2.45) is 5.73 Å². The Balaban J connectivity index is 1.88. The second-order valence-corrected chi connectivity index (χ2v) is 6.84. The SMILES string of the molecule is NC(=O)c1nn(Cc2cccc(C(F)(F)F)c2)c2c1CCCc1cnc(=O)[nH]c1-2. The number of fused-ring (bicyclic) bond motifs is 3. The summed E-state index contributed by atoms with van der Waals surface area (Å²) in [4.78, 5) is 30.2. The molecule has 1 amide bonds. The number of nitrogens with one attached hydrogen (secondary N) is 1. The molecule has 150 valence electrons. The molecule has 10 heteroatoms. The van der Waals surface area contributed by atoms with Gasteiger partial charge < -0.3 is 10.7 Å². The Hall–Kier alpha value is -3.43. The number of carbonyl (C=O) groups is 1. The summed E-state index contributed by atoms with van der Waals surface area (Å²) in [5, 5.41) is 4.27. The lowest BCUT2D eigenvalue weighted by molar-refractivity contribution is -0.137. The zero-order chi connectivity index (χ0) is 20.8. The lowest BCUT2D eigenvalue weighted by Gasteiger charge is -2.12. The Morgan fingerprint density at radius 1 is 1.28 bits per heavy atom. The van der Waals surface area contributed by atoms with Crippen molar-refractivity contribution in [1.29, 1.82) is 0 Å². The molecular weight excluding hydrogens is 387 g/mol. The first-order valence-electron chi connectivity index (χ1n) is 8.88. The number of primary amides is 1. The largest absolute Gasteiger partial charge is 0.416 e. The average molecular weight is 403 g/mol. The molecule has 0 spiro atoms. The molecule has 3 aromatic rings. The number of aromatic amines is 1. The number of amides is 1. The smallest absolute Gasteiger partial charge is 0.364 e. The summed E-state index contributed by atoms with van der Waals surface area (Å²) in [7, 11) is 0. The first kappa shape index (κ1) is 18.9. The van der Waals surface area contributed by atoms with E-state index in [1.807, 2.05) is 0 Å². The number of aromatic nitrogens is 4. The third-order valence-electron chi connectivity index (χ3n) is 4.87. The second-order valence-electron chi connectivity index (χ2n) is 6.84. The summed E-state index contributed by atoms with van der Waals surface area (Å²) in [6.45, 7) is -0.0245. The third kappa shape index (κ3) is 3.53. The van der Waals surface area contributed by atoms with Crippen LogP contribution in [0.4, 0.5) is 13.2 Å². The highest BCUT2D eigenvalue weighted by molar-refractivity contribution is 5.94. The summed E-state index contributed by atoms with van der Waals surface area (Å²) in [6.07, 6.45) is -1.21. The van der Waals surface area contributed by atoms with Gasteiger partial charge in [-0.2, -0.15) is 18.3 Å². The van der Waals surface area contributed by atoms with Crippen LogP contribution >= 0.6 is 0 Å². The van der Waals surface area contributed by atoms with Crippen LogP contribution in [0.2, 0.25) is 0 Å². The van der Waals surface area contributed by atoms with Gasteiger partial charge in [0.05, 0.1) is 23.5 Å². The molecule has 7 nitrogen and oxygen atoms in total. The Labute approximate surface area is 162 Å². The number of benzene rings is 1. The van der Waals surface area contributed by atoms with Gasteiger partial charge in [-0.15, -0.1) is 0 Å². The van der Waals surface area contributed by atoms with Gasteiger partial charge in [-0.05, 0) is 42.5 Å². The highest BCUT2D eigenvalue weighted by Gasteiger charge is 2.31. The van der Waals surface area contributed by atoms with Gasteiger partial charge in [-0.25, -0.2) is 9.78 Å². The van der Waals surface area contributed by atoms with Gasteiger partial charge in [-0.1, -0.05) is 12.1 Å². The van der Waals surface area contributed by atoms with Crippen LogP contribution in [0.1, 0.15) is 39.2 Å². The van der Waals surface area contributed by atoms with E-state index in [2.05, 4.69) is 15.1 Å². The molecule has 1 aliphatic rings. The van der Waals surface area contributed by atoms with Crippen LogP contribution in [0, 0.1) is 0 Å². The molecule has 0 unspecified atom stereocenters. The molecule has 0 aliphatic heterocycles. The Bertz CT molecular complexity index is 1160. The molecule has 0 radical (unpaired) electrons. The van der Waals surface area contributed by atoms with E-state index in [1.165, 1.54) is 16.9 Å². The number of carbonyl (C=O) groups excluding carboxylic acids is 1. The van der Waals surface area contributed by atoms with E-state index in [9.17, 15) is 22.8 Å². The Morgan fingerprint density at radius 2 is 2.07 bits per heavy atom. The van der Waals surface area contributed by atoms with Crippen molar-refractivity contribution in [1.82, 2.24) is 19.7 Å². The molecule has 29 heavy (non-hydrogen) atoms. The first-order valence-corrected chi connectivity index (χ1v) is 8.88. The summed E-state index contributed by atoms with van der Waals surface area (Å²) in [5.41, 5.74) is 6.82. The van der Waals surface area contributed by atoms with Gasteiger partial charge in [0.1, 0.15) is 0 Å². The molecule has 0 atom stereocenters. The number of rotatable bonds is 3. The minimum atomic E-state index is -4.47. The van der Waals surface area contributed by atoms with Crippen LogP contribution in [0.5, 0.6) is 0 Å². The number of halogens is 3. The minimum Gasteiger partial charge on any atom is -0.364 e. The van der Waals surface area contributed by atoms with Crippen molar-refractivity contribution in [2.75, 3.05) is 0 Å². The van der Waals surface area contributed by atoms with E-state index in [-0.39, 0.29) is 12.2 Å². The molecule has 0 saturated carbocycles. The predicted molar refractivity (Wildman–Crippen MR) is 97.2 cm³/mol. The second kappa shape index (κ2) is 6.87. The molecule has 2 heterocycles. The Morgan fingerprint density at radius 3 is 2.79 bits per heavy atom. The van der Waals surface area contributed by atoms with Crippen molar-refractivity contribution in [3.05, 3.63) is 68.9 Å². The maximum Gasteiger partial charge on any atom is 0.416 e. The molecule has 2 aromatic heterocycles. The minimum absolute atomic E-state index is 0.0245. The first-order chi connectivity index (χ1) is 13.7. The fraction of sp³-hybridized carbons (Fsp3) is 0.263. The fourth-order valence-corrected chi connectivity index (χ4v) is 3.62. The van der Waals surface area contributed by atoms with Gasteiger partial charge in [0, 0.05) is 11.8 Å². The number of aryl methyl sites for hydroxylation is 1. The summed E-state index contributed by atoms with van der Waals surface area (Å²) in [6, 6.07) is 4.88. The maximum atomic E-state index is 13.1. The molecule has 3 N–H and O–H groups in total. The van der Waals surface area contributed by atoms with E-state index in [1.54, 1.807) is 6.07 Å². The van der Waals surface area contributed by atoms with Crippen molar-refractivity contribution in [2.45, 2.75) is 32.0 Å². The number of H-pyrrole nitrogens is 1. The van der Waals surface area contributed by atoms with Crippen molar-refractivity contribution in [3.8, 4) is 11.4 Å². The van der Waals surface area contributed by atoms with Crippen LogP contribution in [0.3, 0.4) is 0 Å². The van der Waals surface area contributed by atoms with Gasteiger partial charge >= 0.3 is 11.9 Å². The number of hydrogen-bond donors (Lipinski definition) is 2. The van der Waals surface area contributed by atoms with Crippen LogP contribution in [-0.2, 0) is 25.6 Å². The van der Waals surface area contributed by atoms with E-state index in [0.29, 0.717) is 41.8 Å². The van der Waals surface area contributed by atoms with Crippen LogP contribution in [-0.4, -0.2) is 25.7 Å². The van der Waals surface area contributed by atoms with Crippen molar-refractivity contribution >= 4 is 5.91 Å². The third-order valence-corrected chi connectivity index (χ3v) is 4.87. The molecule has 1 aliphatic carbocycles. The molecule has 4 rings (SSSR count). The van der Waals surface area contributed by atoms with Crippen molar-refractivity contribution < 1.29 is 18.0 Å². The predicted octanol–water partition coefficient (Wildman–Crippen LogP) is 2.29. The fourth-order valence-electron chi connectivity index (χ4n) is 3.62. The number of nitrogens with zero attached hydrogens (tertiary/aromatic N) is 3. The zero-order valence-corrected chi connectivity index (χ0v) is 15.1. The number of nitrogens with two attached hydrogens (primary N) is 1. The molecule has 0 saturated heterocycles. The van der Waals surface area contributed by atoms with Gasteiger partial charge in [0.2, 0.25) is 0 Å². The average Bonchev–Trinajstić information content (AvgIpc) is 2.90. The summed E-state index contributed by atoms with van der Waals surface area (Å²) in [5.74, 6) is -0.733. The standard InChI is InChI=1S/C19H16F3N5O2/c20-19(21,22)12-5-1-3-10(7-12)9-27-16-13(15(26-27)17(23)28)6-2-4-11-8-24-18(29)25-14(11)16/h1,3,5,7-8H,2,4,6,9H2,(H2,23,28)(H,24,25,29). The van der Waals surface area contributed by atoms with E-state index < -0.39 is 23.3 Å². The topological polar surface area (TPSA) is 107 Å². The summed E-state index contributed by atoms with van der Waals surface area (Å²) < 4.78 is 40.6. The van der Waals surface area contributed by atoms with Crippen LogP contribution in [0.25, 0.3) is 11.4 Å². The lowest BCUT2D eigenvalue weighted by atomic mass is 10.1. The molecule has 0 fully saturated rings. The van der Waals surface area contributed by atoms with E-state index in [4.69, 9.17) is 5.73 Å². The normalized spacial score (nSPS) is 13.5. The quantitative estimate of drug-likeness (QED) is 0.700. The van der Waals surface area contributed by atoms with E-state index in [0.717, 1.165) is 17.7 Å². The highest BCUT2D eigenvalue weighted by atomic mass is 19.4. The number of alkyl halides is 3. The van der Waals surface area contributed by atoms with Gasteiger partial charge in [0.15, 0.2) is 5.69 Å². The number of hydrogen-bond acceptors (Lipinski definition) is 4. The molecule has 0 bridgehead atoms. The molecular formula is C19H16F3N5O2. The van der Waals surface area contributed by atoms with Gasteiger partial charge in [-0.3, -0.25) is 9.48 Å². The maximum absolute atomic E-state index is 13.1. The monoisotopic (exact) mass is 403 g/mol. The van der Waals surface area contributed by atoms with Crippen molar-refractivity contribution in [3.63, 3.8) is 0 Å². The Kier molecular flexibility index (Phi) is 4.48. The lowest BCUT2D eigenvalue weighted by Crippen LogP contribution is -2.15. The highest BCUT2D eigenvalue weighted by Crippen LogP contribution is 2.33. The van der Waals surface area contributed by atoms with Crippen LogP contribution < -0.4 is 11.4 Å².